The van der Waals surface area contributed by atoms with Crippen LogP contribution >= 0.6 is 11.6 Å². The number of hydrogen-bond acceptors (Lipinski definition) is 1. The van der Waals surface area contributed by atoms with Crippen LogP contribution in [0.15, 0.2) is 18.2 Å². The third-order valence-electron chi connectivity index (χ3n) is 1.83. The maximum absolute atomic E-state index is 9.28. The molecule has 0 saturated carbocycles. The second-order valence-corrected chi connectivity index (χ2v) is 3.19. The number of rotatable bonds is 3. The summed E-state index contributed by atoms with van der Waals surface area (Å²) in [6, 6.07) is 5.26. The first-order valence-corrected chi connectivity index (χ1v) is 4.53. The fourth-order valence-electron chi connectivity index (χ4n) is 1.14. The molecule has 0 bridgehead atoms. The highest BCUT2D eigenvalue weighted by Crippen LogP contribution is 2.27. The lowest BCUT2D eigenvalue weighted by Gasteiger charge is -2.03. The Bertz CT molecular complexity index is 325. The molecule has 2 heteroatoms. The van der Waals surface area contributed by atoms with Crippen molar-refractivity contribution in [2.24, 2.45) is 0 Å². The summed E-state index contributed by atoms with van der Waals surface area (Å²) < 4.78 is 0. The number of phenolic OH excluding ortho intramolecular Hbond substituents is 1. The van der Waals surface area contributed by atoms with Crippen molar-refractivity contribution in [3.05, 3.63) is 28.8 Å². The molecule has 0 radical (unpaired) electrons. The van der Waals surface area contributed by atoms with Crippen LogP contribution in [0.3, 0.4) is 0 Å². The molecule has 13 heavy (non-hydrogen) atoms. The van der Waals surface area contributed by atoms with Gasteiger partial charge in [0.2, 0.25) is 0 Å². The maximum atomic E-state index is 9.28. The molecule has 0 aliphatic rings. The summed E-state index contributed by atoms with van der Waals surface area (Å²) in [5.41, 5.74) is 0.955. The average molecular weight is 195 g/mol. The zero-order chi connectivity index (χ0) is 9.68. The number of terminal acetylenes is 1. The van der Waals surface area contributed by atoms with Gasteiger partial charge in [-0.3, -0.25) is 0 Å². The molecule has 0 unspecified atom stereocenters. The Morgan fingerprint density at radius 2 is 2.23 bits per heavy atom. The fourth-order valence-corrected chi connectivity index (χ4v) is 1.36. The standard InChI is InChI=1S/C11H11ClO/c1-2-3-4-6-9-7-5-8-10(13)11(9)12/h1,5,7-8,13H,3-4,6H2. The van der Waals surface area contributed by atoms with Crippen LogP contribution in [0.5, 0.6) is 5.75 Å². The van der Waals surface area contributed by atoms with Crippen molar-refractivity contribution in [1.82, 2.24) is 0 Å². The minimum Gasteiger partial charge on any atom is -0.506 e. The van der Waals surface area contributed by atoms with Crippen molar-refractivity contribution >= 4 is 11.6 Å². The summed E-state index contributed by atoms with van der Waals surface area (Å²) in [5, 5.41) is 9.73. The highest BCUT2D eigenvalue weighted by molar-refractivity contribution is 6.32. The van der Waals surface area contributed by atoms with E-state index in [0.29, 0.717) is 5.02 Å². The first-order valence-electron chi connectivity index (χ1n) is 4.15. The van der Waals surface area contributed by atoms with E-state index < -0.39 is 0 Å². The molecule has 0 spiro atoms. The van der Waals surface area contributed by atoms with Gasteiger partial charge in [0.05, 0.1) is 5.02 Å². The first kappa shape index (κ1) is 9.95. The minimum absolute atomic E-state index is 0.139. The Labute approximate surface area is 83.4 Å². The lowest BCUT2D eigenvalue weighted by atomic mass is 10.1. The van der Waals surface area contributed by atoms with Crippen molar-refractivity contribution in [3.63, 3.8) is 0 Å². The summed E-state index contributed by atoms with van der Waals surface area (Å²) in [4.78, 5) is 0. The van der Waals surface area contributed by atoms with Crippen LogP contribution in [0, 0.1) is 12.3 Å². The monoisotopic (exact) mass is 194 g/mol. The van der Waals surface area contributed by atoms with Gasteiger partial charge < -0.3 is 5.11 Å². The minimum atomic E-state index is 0.139. The van der Waals surface area contributed by atoms with Crippen molar-refractivity contribution < 1.29 is 5.11 Å². The zero-order valence-electron chi connectivity index (χ0n) is 7.26. The predicted molar refractivity (Wildman–Crippen MR) is 54.9 cm³/mol. The van der Waals surface area contributed by atoms with Gasteiger partial charge >= 0.3 is 0 Å². The smallest absolute Gasteiger partial charge is 0.134 e. The third-order valence-corrected chi connectivity index (χ3v) is 2.26. The Morgan fingerprint density at radius 3 is 2.92 bits per heavy atom. The fraction of sp³-hybridized carbons (Fsp3) is 0.273. The topological polar surface area (TPSA) is 20.2 Å². The van der Waals surface area contributed by atoms with Crippen molar-refractivity contribution in [3.8, 4) is 18.1 Å². The average Bonchev–Trinajstić information content (AvgIpc) is 2.13. The molecule has 1 N–H and O–H groups in total. The second-order valence-electron chi connectivity index (χ2n) is 2.81. The molecular weight excluding hydrogens is 184 g/mol. The van der Waals surface area contributed by atoms with E-state index in [0.717, 1.165) is 24.8 Å². The number of phenols is 1. The summed E-state index contributed by atoms with van der Waals surface area (Å²) >= 11 is 5.87. The van der Waals surface area contributed by atoms with Crippen LogP contribution in [0.25, 0.3) is 0 Å². The number of unbranched alkanes of at least 4 members (excludes halogenated alkanes) is 1. The molecule has 1 aromatic carbocycles. The Morgan fingerprint density at radius 1 is 1.46 bits per heavy atom. The highest BCUT2D eigenvalue weighted by Gasteiger charge is 2.03. The molecule has 0 fully saturated rings. The van der Waals surface area contributed by atoms with Crippen molar-refractivity contribution in [1.29, 1.82) is 0 Å². The Balaban J connectivity index is 2.67. The Hall–Kier alpha value is -1.13. The van der Waals surface area contributed by atoms with E-state index in [1.807, 2.05) is 6.07 Å². The molecule has 68 valence electrons. The van der Waals surface area contributed by atoms with Gasteiger partial charge in [-0.1, -0.05) is 23.7 Å². The van der Waals surface area contributed by atoms with Gasteiger partial charge in [-0.05, 0) is 24.5 Å². The molecule has 0 aromatic heterocycles. The van der Waals surface area contributed by atoms with Gasteiger partial charge in [-0.2, -0.15) is 0 Å². The lowest BCUT2D eigenvalue weighted by Crippen LogP contribution is -1.86. The SMILES string of the molecule is C#CCCCc1cccc(O)c1Cl. The molecule has 0 aliphatic carbocycles. The van der Waals surface area contributed by atoms with Gasteiger partial charge in [0.1, 0.15) is 5.75 Å². The van der Waals surface area contributed by atoms with Gasteiger partial charge in [0.15, 0.2) is 0 Å². The molecular formula is C11H11ClO. The number of benzene rings is 1. The lowest BCUT2D eigenvalue weighted by molar-refractivity contribution is 0.474. The first-order chi connectivity index (χ1) is 6.25. The third kappa shape index (κ3) is 2.68. The van der Waals surface area contributed by atoms with Crippen LogP contribution in [0.2, 0.25) is 5.02 Å². The van der Waals surface area contributed by atoms with Crippen LogP contribution in [-0.4, -0.2) is 5.11 Å². The molecule has 0 saturated heterocycles. The Kier molecular flexibility index (Phi) is 3.67. The number of hydrogen-bond donors (Lipinski definition) is 1. The second kappa shape index (κ2) is 4.79. The summed E-state index contributed by atoms with van der Waals surface area (Å²) in [6.45, 7) is 0. The van der Waals surface area contributed by atoms with E-state index in [1.54, 1.807) is 12.1 Å². The largest absolute Gasteiger partial charge is 0.506 e. The molecule has 0 atom stereocenters. The van der Waals surface area contributed by atoms with E-state index in [2.05, 4.69) is 5.92 Å². The maximum Gasteiger partial charge on any atom is 0.134 e. The van der Waals surface area contributed by atoms with Crippen LogP contribution in [0.1, 0.15) is 18.4 Å². The van der Waals surface area contributed by atoms with Crippen molar-refractivity contribution in [2.75, 3.05) is 0 Å². The number of aryl methyl sites for hydroxylation is 1. The molecule has 1 nitrogen and oxygen atoms in total. The molecule has 1 aromatic rings. The summed E-state index contributed by atoms with van der Waals surface area (Å²) in [6.07, 6.45) is 7.59. The molecule has 0 heterocycles. The predicted octanol–water partition coefficient (Wildman–Crippen LogP) is 3.00. The number of halogens is 1. The van der Waals surface area contributed by atoms with E-state index in [4.69, 9.17) is 18.0 Å². The normalized spacial score (nSPS) is 9.54. The van der Waals surface area contributed by atoms with Gasteiger partial charge in [-0.25, -0.2) is 0 Å². The zero-order valence-corrected chi connectivity index (χ0v) is 8.01. The molecule has 0 aliphatic heterocycles. The van der Waals surface area contributed by atoms with Crippen LogP contribution in [0.4, 0.5) is 0 Å². The van der Waals surface area contributed by atoms with Gasteiger partial charge in [0.25, 0.3) is 0 Å². The van der Waals surface area contributed by atoms with E-state index in [-0.39, 0.29) is 5.75 Å². The van der Waals surface area contributed by atoms with E-state index in [1.165, 1.54) is 0 Å². The van der Waals surface area contributed by atoms with Gasteiger partial charge in [0, 0.05) is 6.42 Å². The van der Waals surface area contributed by atoms with Crippen molar-refractivity contribution in [2.45, 2.75) is 19.3 Å². The van der Waals surface area contributed by atoms with Crippen LogP contribution in [-0.2, 0) is 6.42 Å². The van der Waals surface area contributed by atoms with Crippen LogP contribution < -0.4 is 0 Å². The van der Waals surface area contributed by atoms with E-state index >= 15 is 0 Å². The number of aromatic hydroxyl groups is 1. The van der Waals surface area contributed by atoms with E-state index in [9.17, 15) is 5.11 Å². The summed E-state index contributed by atoms with van der Waals surface area (Å²) in [5.74, 6) is 2.71. The molecule has 0 amide bonds. The molecule has 1 rings (SSSR count). The summed E-state index contributed by atoms with van der Waals surface area (Å²) in [7, 11) is 0. The van der Waals surface area contributed by atoms with Gasteiger partial charge in [-0.15, -0.1) is 12.3 Å². The highest BCUT2D eigenvalue weighted by atomic mass is 35.5. The quantitative estimate of drug-likeness (QED) is 0.580.